The van der Waals surface area contributed by atoms with Crippen molar-refractivity contribution in [2.24, 2.45) is 5.92 Å². The first kappa shape index (κ1) is 15.3. The molecule has 0 aromatic heterocycles. The maximum Gasteiger partial charge on any atom is 0.450 e. The lowest BCUT2D eigenvalue weighted by Gasteiger charge is -2.38. The number of halogens is 3. The Balaban J connectivity index is 1.80. The van der Waals surface area contributed by atoms with Gasteiger partial charge in [-0.15, -0.1) is 11.8 Å². The van der Waals surface area contributed by atoms with Crippen LogP contribution in [0, 0.1) is 5.92 Å². The molecule has 1 aliphatic carbocycles. The molecule has 0 radical (unpaired) electrons. The lowest BCUT2D eigenvalue weighted by molar-refractivity contribution is -0.177. The molecule has 3 heterocycles. The van der Waals surface area contributed by atoms with Crippen molar-refractivity contribution in [1.82, 2.24) is 10.2 Å². The lowest BCUT2D eigenvalue weighted by Crippen LogP contribution is -2.53. The first-order valence-electron chi connectivity index (χ1n) is 7.84. The minimum atomic E-state index is -4.78. The Morgan fingerprint density at radius 1 is 1.35 bits per heavy atom. The molecule has 4 rings (SSSR count). The number of Topliss-reactive ketones (excluding diaryl/α,β-unsaturated/α-hetero) is 1. The topological polar surface area (TPSA) is 32.3 Å². The first-order valence-corrected chi connectivity index (χ1v) is 8.72. The Bertz CT molecular complexity index is 650. The van der Waals surface area contributed by atoms with Gasteiger partial charge >= 0.3 is 6.18 Å². The molecule has 2 atom stereocenters. The third kappa shape index (κ3) is 2.36. The van der Waals surface area contributed by atoms with Crippen LogP contribution in [-0.2, 0) is 4.79 Å². The number of carbonyl (C=O) groups excluding carboxylic acids is 1. The summed E-state index contributed by atoms with van der Waals surface area (Å²) >= 11 is 1.67. The van der Waals surface area contributed by atoms with Crippen LogP contribution in [-0.4, -0.2) is 42.5 Å². The Labute approximate surface area is 136 Å². The molecule has 1 fully saturated rings. The maximum absolute atomic E-state index is 13.0. The summed E-state index contributed by atoms with van der Waals surface area (Å²) in [4.78, 5) is 15.2. The second-order valence-electron chi connectivity index (χ2n) is 6.32. The van der Waals surface area contributed by atoms with Gasteiger partial charge in [0.2, 0.25) is 5.78 Å². The highest BCUT2D eigenvalue weighted by atomic mass is 32.2. The van der Waals surface area contributed by atoms with Crippen molar-refractivity contribution >= 4 is 17.5 Å². The zero-order valence-corrected chi connectivity index (χ0v) is 13.3. The van der Waals surface area contributed by atoms with Gasteiger partial charge in [-0.25, -0.2) is 0 Å². The van der Waals surface area contributed by atoms with Crippen molar-refractivity contribution in [2.45, 2.75) is 31.5 Å². The molecule has 0 aromatic rings. The SMILES string of the molecule is O=C(C1CNCC2=C3CCCC4=C3N(CC=CS4)C21)C(F)(F)F. The number of hydrogen-bond donors (Lipinski definition) is 1. The van der Waals surface area contributed by atoms with Gasteiger partial charge in [0, 0.05) is 24.5 Å². The van der Waals surface area contributed by atoms with E-state index in [0.717, 1.165) is 30.5 Å². The highest BCUT2D eigenvalue weighted by Crippen LogP contribution is 2.49. The van der Waals surface area contributed by atoms with E-state index in [2.05, 4.69) is 5.32 Å². The van der Waals surface area contributed by atoms with E-state index in [1.807, 2.05) is 16.4 Å². The molecule has 0 amide bonds. The standard InChI is InChI=1S/C16H17F3N2OS/c17-16(18,19)15(22)11-8-20-7-10-9-3-1-4-12-14(9)21(13(10)11)5-2-6-23-12/h2,6,11,13,20H,1,3-5,7-8H2. The van der Waals surface area contributed by atoms with Crippen molar-refractivity contribution in [2.75, 3.05) is 19.6 Å². The molecule has 124 valence electrons. The van der Waals surface area contributed by atoms with Gasteiger partial charge in [-0.3, -0.25) is 4.79 Å². The number of nitrogens with zero attached hydrogens (tertiary/aromatic N) is 1. The third-order valence-electron chi connectivity index (χ3n) is 5.03. The molecule has 1 N–H and O–H groups in total. The number of thioether (sulfide) groups is 1. The number of alkyl halides is 3. The fourth-order valence-corrected chi connectivity index (χ4v) is 5.14. The van der Waals surface area contributed by atoms with Crippen LogP contribution >= 0.6 is 11.8 Å². The summed E-state index contributed by atoms with van der Waals surface area (Å²) in [5, 5.41) is 5.05. The number of piperidine rings is 1. The number of ketones is 1. The van der Waals surface area contributed by atoms with E-state index in [0.29, 0.717) is 13.1 Å². The molecule has 2 unspecified atom stereocenters. The van der Waals surface area contributed by atoms with Crippen LogP contribution in [0.4, 0.5) is 13.2 Å². The van der Waals surface area contributed by atoms with E-state index < -0.39 is 23.9 Å². The molecule has 0 aromatic carbocycles. The van der Waals surface area contributed by atoms with E-state index in [9.17, 15) is 18.0 Å². The number of rotatable bonds is 1. The van der Waals surface area contributed by atoms with Crippen molar-refractivity contribution in [3.05, 3.63) is 33.2 Å². The third-order valence-corrected chi connectivity index (χ3v) is 6.04. The zero-order valence-electron chi connectivity index (χ0n) is 12.4. The van der Waals surface area contributed by atoms with E-state index in [4.69, 9.17) is 0 Å². The summed E-state index contributed by atoms with van der Waals surface area (Å²) in [6.07, 6.45) is 0.102. The average Bonchev–Trinajstić information content (AvgIpc) is 2.70. The smallest absolute Gasteiger partial charge is 0.359 e. The molecule has 1 saturated heterocycles. The summed E-state index contributed by atoms with van der Waals surface area (Å²) in [5.74, 6) is -2.66. The summed E-state index contributed by atoms with van der Waals surface area (Å²) in [6.45, 7) is 1.25. The Hall–Kier alpha value is -1.21. The van der Waals surface area contributed by atoms with Crippen LogP contribution in [0.15, 0.2) is 33.2 Å². The molecule has 7 heteroatoms. The normalized spacial score (nSPS) is 30.3. The number of hydrogen-bond acceptors (Lipinski definition) is 4. The van der Waals surface area contributed by atoms with E-state index in [1.165, 1.54) is 10.5 Å². The van der Waals surface area contributed by atoms with E-state index >= 15 is 0 Å². The molecule has 3 aliphatic heterocycles. The predicted octanol–water partition coefficient (Wildman–Crippen LogP) is 2.97. The Morgan fingerprint density at radius 2 is 2.17 bits per heavy atom. The lowest BCUT2D eigenvalue weighted by atomic mass is 9.84. The highest BCUT2D eigenvalue weighted by Gasteiger charge is 2.52. The molecule has 3 nitrogen and oxygen atoms in total. The monoisotopic (exact) mass is 342 g/mol. The van der Waals surface area contributed by atoms with Crippen molar-refractivity contribution in [1.29, 1.82) is 0 Å². The number of nitrogens with one attached hydrogen (secondary N) is 1. The van der Waals surface area contributed by atoms with Crippen molar-refractivity contribution in [3.8, 4) is 0 Å². The maximum atomic E-state index is 13.0. The Kier molecular flexibility index (Phi) is 3.61. The second-order valence-corrected chi connectivity index (χ2v) is 7.32. The Morgan fingerprint density at radius 3 is 2.96 bits per heavy atom. The molecule has 0 spiro atoms. The van der Waals surface area contributed by atoms with Gasteiger partial charge < -0.3 is 10.2 Å². The van der Waals surface area contributed by atoms with E-state index in [-0.39, 0.29) is 6.54 Å². The van der Waals surface area contributed by atoms with Gasteiger partial charge in [-0.1, -0.05) is 6.08 Å². The minimum Gasteiger partial charge on any atom is -0.359 e. The molecule has 4 aliphatic rings. The average molecular weight is 342 g/mol. The van der Waals surface area contributed by atoms with Crippen LogP contribution in [0.5, 0.6) is 0 Å². The predicted molar refractivity (Wildman–Crippen MR) is 82.5 cm³/mol. The quantitative estimate of drug-likeness (QED) is 0.794. The number of allylic oxidation sites excluding steroid dienone is 2. The molecule has 0 saturated carbocycles. The van der Waals surface area contributed by atoms with E-state index in [1.54, 1.807) is 11.8 Å². The van der Waals surface area contributed by atoms with Crippen LogP contribution in [0.1, 0.15) is 19.3 Å². The summed E-state index contributed by atoms with van der Waals surface area (Å²) in [5.41, 5.74) is 3.29. The van der Waals surface area contributed by atoms with Gasteiger partial charge in [-0.05, 0) is 35.8 Å². The van der Waals surface area contributed by atoms with Gasteiger partial charge in [-0.2, -0.15) is 13.2 Å². The molecule has 23 heavy (non-hydrogen) atoms. The second kappa shape index (κ2) is 5.41. The van der Waals surface area contributed by atoms with Gasteiger partial charge in [0.1, 0.15) is 0 Å². The van der Waals surface area contributed by atoms with Crippen LogP contribution < -0.4 is 5.32 Å². The molecule has 0 bridgehead atoms. The van der Waals surface area contributed by atoms with Crippen molar-refractivity contribution < 1.29 is 18.0 Å². The highest BCUT2D eigenvalue weighted by molar-refractivity contribution is 8.05. The summed E-state index contributed by atoms with van der Waals surface area (Å²) in [7, 11) is 0. The summed E-state index contributed by atoms with van der Waals surface area (Å²) < 4.78 is 39.1. The fourth-order valence-electron chi connectivity index (χ4n) is 4.18. The van der Waals surface area contributed by atoms with Crippen molar-refractivity contribution in [3.63, 3.8) is 0 Å². The van der Waals surface area contributed by atoms with Gasteiger partial charge in [0.25, 0.3) is 0 Å². The largest absolute Gasteiger partial charge is 0.450 e. The van der Waals surface area contributed by atoms with Gasteiger partial charge in [0.15, 0.2) is 0 Å². The summed E-state index contributed by atoms with van der Waals surface area (Å²) in [6, 6.07) is -0.438. The first-order chi connectivity index (χ1) is 11.0. The zero-order chi connectivity index (χ0) is 16.2. The van der Waals surface area contributed by atoms with Crippen LogP contribution in [0.2, 0.25) is 0 Å². The minimum absolute atomic E-state index is 0.0930. The number of carbonyl (C=O) groups is 1. The van der Waals surface area contributed by atoms with Gasteiger partial charge in [0.05, 0.1) is 17.7 Å². The molecular weight excluding hydrogens is 325 g/mol. The molecular formula is C16H17F3N2OS. The van der Waals surface area contributed by atoms with Crippen LogP contribution in [0.25, 0.3) is 0 Å². The fraction of sp³-hybridized carbons (Fsp3) is 0.562. The number of fused-ring (bicyclic) bond motifs is 2. The van der Waals surface area contributed by atoms with Crippen LogP contribution in [0.3, 0.4) is 0 Å².